The number of fused-ring (bicyclic) bond motifs is 1. The number of ether oxygens (including phenoxy) is 2. The van der Waals surface area contributed by atoms with Crippen molar-refractivity contribution < 1.29 is 14.3 Å². The normalized spacial score (nSPS) is 12.6. The van der Waals surface area contributed by atoms with Gasteiger partial charge in [-0.25, -0.2) is 4.99 Å². The summed E-state index contributed by atoms with van der Waals surface area (Å²) < 4.78 is 10.7. The van der Waals surface area contributed by atoms with Crippen LogP contribution in [0.5, 0.6) is 11.5 Å². The number of nitrogens with zero attached hydrogens (tertiary/aromatic N) is 1. The van der Waals surface area contributed by atoms with Crippen LogP contribution in [0.2, 0.25) is 0 Å². The minimum atomic E-state index is -0.103. The Labute approximate surface area is 158 Å². The molecule has 1 aliphatic rings. The molecule has 1 aliphatic heterocycles. The number of benzene rings is 2. The first-order valence-corrected chi connectivity index (χ1v) is 8.91. The number of hydrogen-bond donors (Lipinski definition) is 3. The molecule has 0 aromatic heterocycles. The van der Waals surface area contributed by atoms with E-state index in [4.69, 9.17) is 9.47 Å². The van der Waals surface area contributed by atoms with Crippen LogP contribution in [0.1, 0.15) is 28.4 Å². The fourth-order valence-corrected chi connectivity index (χ4v) is 2.70. The third-order valence-corrected chi connectivity index (χ3v) is 4.08. The maximum Gasteiger partial charge on any atom is 0.251 e. The third kappa shape index (κ3) is 4.91. The first kappa shape index (κ1) is 18.6. The topological polar surface area (TPSA) is 84.0 Å². The molecule has 0 bridgehead atoms. The Hall–Kier alpha value is -3.22. The van der Waals surface area contributed by atoms with Crippen LogP contribution < -0.4 is 25.4 Å². The molecular weight excluding hydrogens is 344 g/mol. The van der Waals surface area contributed by atoms with Crippen LogP contribution >= 0.6 is 0 Å². The molecule has 2 aromatic carbocycles. The van der Waals surface area contributed by atoms with Crippen LogP contribution in [0.4, 0.5) is 0 Å². The van der Waals surface area contributed by atoms with Crippen LogP contribution in [0.25, 0.3) is 0 Å². The Morgan fingerprint density at radius 1 is 1.07 bits per heavy atom. The van der Waals surface area contributed by atoms with Crippen LogP contribution in [0.15, 0.2) is 47.5 Å². The lowest BCUT2D eigenvalue weighted by Gasteiger charge is -2.12. The van der Waals surface area contributed by atoms with Gasteiger partial charge in [-0.05, 0) is 42.3 Å². The molecule has 0 fully saturated rings. The van der Waals surface area contributed by atoms with E-state index in [2.05, 4.69) is 20.9 Å². The zero-order chi connectivity index (χ0) is 19.1. The van der Waals surface area contributed by atoms with E-state index < -0.39 is 0 Å². The first-order chi connectivity index (χ1) is 13.2. The highest BCUT2D eigenvalue weighted by molar-refractivity contribution is 5.94. The van der Waals surface area contributed by atoms with E-state index in [1.165, 1.54) is 0 Å². The molecule has 3 N–H and O–H groups in total. The number of carbonyl (C=O) groups excluding carboxylic acids is 1. The van der Waals surface area contributed by atoms with Gasteiger partial charge in [0.25, 0.3) is 5.91 Å². The van der Waals surface area contributed by atoms with E-state index in [-0.39, 0.29) is 12.7 Å². The van der Waals surface area contributed by atoms with E-state index in [9.17, 15) is 4.79 Å². The standard InChI is InChI=1S/C20H24N4O3/c1-3-22-20(23-11-14-5-4-6-16(9-14)19(25)21-2)24-12-15-7-8-17-18(10-15)27-13-26-17/h4-10H,3,11-13H2,1-2H3,(H,21,25)(H2,22,23,24). The van der Waals surface area contributed by atoms with E-state index >= 15 is 0 Å². The number of nitrogens with one attached hydrogen (secondary N) is 3. The van der Waals surface area contributed by atoms with Gasteiger partial charge in [-0.15, -0.1) is 0 Å². The summed E-state index contributed by atoms with van der Waals surface area (Å²) in [6, 6.07) is 13.3. The summed E-state index contributed by atoms with van der Waals surface area (Å²) in [4.78, 5) is 16.4. The number of aliphatic imine (C=N–C) groups is 1. The Balaban J connectivity index is 1.63. The number of guanidine groups is 1. The molecule has 7 nitrogen and oxygen atoms in total. The lowest BCUT2D eigenvalue weighted by molar-refractivity contribution is 0.0963. The molecule has 142 valence electrons. The molecule has 0 saturated carbocycles. The molecule has 0 radical (unpaired) electrons. The molecule has 1 amide bonds. The number of carbonyl (C=O) groups is 1. The van der Waals surface area contributed by atoms with Crippen molar-refractivity contribution in [3.8, 4) is 11.5 Å². The second kappa shape index (κ2) is 8.93. The van der Waals surface area contributed by atoms with Crippen LogP contribution in [-0.4, -0.2) is 32.3 Å². The summed E-state index contributed by atoms with van der Waals surface area (Å²) in [6.07, 6.45) is 0. The molecule has 0 spiro atoms. The van der Waals surface area contributed by atoms with Gasteiger partial charge in [0, 0.05) is 25.7 Å². The summed E-state index contributed by atoms with van der Waals surface area (Å²) >= 11 is 0. The van der Waals surface area contributed by atoms with Crippen molar-refractivity contribution >= 4 is 11.9 Å². The monoisotopic (exact) mass is 368 g/mol. The molecule has 2 aromatic rings. The van der Waals surface area contributed by atoms with Crippen LogP contribution in [-0.2, 0) is 13.1 Å². The highest BCUT2D eigenvalue weighted by Crippen LogP contribution is 2.32. The predicted octanol–water partition coefficient (Wildman–Crippen LogP) is 2.03. The lowest BCUT2D eigenvalue weighted by Crippen LogP contribution is -2.36. The van der Waals surface area contributed by atoms with Gasteiger partial charge in [0.05, 0.1) is 6.54 Å². The largest absolute Gasteiger partial charge is 0.454 e. The SMILES string of the molecule is CCNC(=NCc1cccc(C(=O)NC)c1)NCc1ccc2c(c1)OCO2. The Kier molecular flexibility index (Phi) is 6.14. The fourth-order valence-electron chi connectivity index (χ4n) is 2.70. The minimum Gasteiger partial charge on any atom is -0.454 e. The van der Waals surface area contributed by atoms with Gasteiger partial charge in [0.2, 0.25) is 6.79 Å². The maximum absolute atomic E-state index is 11.8. The summed E-state index contributed by atoms with van der Waals surface area (Å²) in [5.41, 5.74) is 2.67. The molecule has 0 atom stereocenters. The highest BCUT2D eigenvalue weighted by Gasteiger charge is 2.13. The quantitative estimate of drug-likeness (QED) is 0.537. The van der Waals surface area contributed by atoms with Crippen molar-refractivity contribution in [2.45, 2.75) is 20.0 Å². The molecule has 0 aliphatic carbocycles. The predicted molar refractivity (Wildman–Crippen MR) is 104 cm³/mol. The molecule has 27 heavy (non-hydrogen) atoms. The van der Waals surface area contributed by atoms with Gasteiger partial charge in [-0.1, -0.05) is 18.2 Å². The average molecular weight is 368 g/mol. The number of hydrogen-bond acceptors (Lipinski definition) is 4. The van der Waals surface area contributed by atoms with Crippen molar-refractivity contribution in [2.75, 3.05) is 20.4 Å². The van der Waals surface area contributed by atoms with Crippen LogP contribution in [0, 0.1) is 0 Å². The fraction of sp³-hybridized carbons (Fsp3) is 0.300. The van der Waals surface area contributed by atoms with Gasteiger partial charge in [-0.2, -0.15) is 0 Å². The van der Waals surface area contributed by atoms with Gasteiger partial charge in [0.15, 0.2) is 17.5 Å². The summed E-state index contributed by atoms with van der Waals surface area (Å²) in [6.45, 7) is 4.13. The minimum absolute atomic E-state index is 0.103. The van der Waals surface area contributed by atoms with Gasteiger partial charge in [-0.3, -0.25) is 4.79 Å². The van der Waals surface area contributed by atoms with E-state index in [0.29, 0.717) is 24.6 Å². The van der Waals surface area contributed by atoms with Gasteiger partial charge >= 0.3 is 0 Å². The van der Waals surface area contributed by atoms with Crippen LogP contribution in [0.3, 0.4) is 0 Å². The molecule has 3 rings (SSSR count). The smallest absolute Gasteiger partial charge is 0.251 e. The van der Waals surface area contributed by atoms with Gasteiger partial charge < -0.3 is 25.4 Å². The summed E-state index contributed by atoms with van der Waals surface area (Å²) in [5.74, 6) is 2.15. The zero-order valence-corrected chi connectivity index (χ0v) is 15.5. The summed E-state index contributed by atoms with van der Waals surface area (Å²) in [5, 5.41) is 9.17. The molecular formula is C20H24N4O3. The van der Waals surface area contributed by atoms with Gasteiger partial charge in [0.1, 0.15) is 0 Å². The molecule has 1 heterocycles. The Morgan fingerprint density at radius 2 is 1.93 bits per heavy atom. The highest BCUT2D eigenvalue weighted by atomic mass is 16.7. The Bertz CT molecular complexity index is 836. The molecule has 0 saturated heterocycles. The van der Waals surface area contributed by atoms with E-state index in [0.717, 1.165) is 29.2 Å². The van der Waals surface area contributed by atoms with Crippen molar-refractivity contribution in [1.82, 2.24) is 16.0 Å². The first-order valence-electron chi connectivity index (χ1n) is 8.91. The maximum atomic E-state index is 11.8. The van der Waals surface area contributed by atoms with Crippen molar-refractivity contribution in [3.05, 3.63) is 59.2 Å². The van der Waals surface area contributed by atoms with Crippen molar-refractivity contribution in [3.63, 3.8) is 0 Å². The zero-order valence-electron chi connectivity index (χ0n) is 15.5. The van der Waals surface area contributed by atoms with Crippen molar-refractivity contribution in [1.29, 1.82) is 0 Å². The lowest BCUT2D eigenvalue weighted by atomic mass is 10.1. The summed E-state index contributed by atoms with van der Waals surface area (Å²) in [7, 11) is 1.62. The van der Waals surface area contributed by atoms with Crippen molar-refractivity contribution in [2.24, 2.45) is 4.99 Å². The second-order valence-corrected chi connectivity index (χ2v) is 6.02. The van der Waals surface area contributed by atoms with E-state index in [1.54, 1.807) is 13.1 Å². The van der Waals surface area contributed by atoms with E-state index in [1.807, 2.05) is 43.3 Å². The number of amides is 1. The number of rotatable bonds is 6. The second-order valence-electron chi connectivity index (χ2n) is 6.02. The Morgan fingerprint density at radius 3 is 2.74 bits per heavy atom. The molecule has 7 heteroatoms. The molecule has 0 unspecified atom stereocenters. The average Bonchev–Trinajstić information content (AvgIpc) is 3.17. The third-order valence-electron chi connectivity index (χ3n) is 4.08.